The molecule has 210 valence electrons. The maximum Gasteiger partial charge on any atom is 0.344 e. The summed E-state index contributed by atoms with van der Waals surface area (Å²) in [5.41, 5.74) is -0.944. The van der Waals surface area contributed by atoms with E-state index in [-0.39, 0.29) is 18.0 Å². The number of likely N-dealkylation sites (N-methyl/N-ethyl adjacent to an activating group) is 1. The van der Waals surface area contributed by atoms with Crippen molar-refractivity contribution in [2.45, 2.75) is 74.8 Å². The third kappa shape index (κ3) is 3.13. The van der Waals surface area contributed by atoms with E-state index in [9.17, 15) is 19.5 Å². The number of nitrogens with zero attached hydrogens (tertiary/aromatic N) is 2. The summed E-state index contributed by atoms with van der Waals surface area (Å²) in [7, 11) is 4.73. The number of esters is 2. The standard InChI is InChI=1S/C29H37N3O7/c1-6-27-10-7-12-32-13-11-28(23(27)32)18-14-17(19-8-9-22(34)30-19)21(37-4)15-20(18)31(3)24(28)29(36,26(35)38-5)25(27)39-16(2)33/h7,10,14-15,19,23-25,36H,6,8-9,11-13H2,1-5H3,(H,30,34)/t19-,23+,24-,25+,27-,28-,29+/m1/s1. The van der Waals surface area contributed by atoms with Gasteiger partial charge >= 0.3 is 11.9 Å². The summed E-state index contributed by atoms with van der Waals surface area (Å²) in [5, 5.41) is 15.8. The average Bonchev–Trinajstić information content (AvgIpc) is 3.60. The summed E-state index contributed by atoms with van der Waals surface area (Å²) >= 11 is 0. The largest absolute Gasteiger partial charge is 0.496 e. The molecule has 7 atom stereocenters. The molecule has 1 saturated carbocycles. The number of fused-ring (bicyclic) bond motifs is 1. The highest BCUT2D eigenvalue weighted by molar-refractivity contribution is 5.87. The van der Waals surface area contributed by atoms with Gasteiger partial charge in [-0.05, 0) is 37.4 Å². The molecule has 5 aliphatic rings. The molecule has 1 amide bonds. The van der Waals surface area contributed by atoms with Crippen LogP contribution in [0.5, 0.6) is 5.75 Å². The number of rotatable bonds is 5. The van der Waals surface area contributed by atoms with E-state index in [4.69, 9.17) is 14.2 Å². The maximum atomic E-state index is 13.8. The van der Waals surface area contributed by atoms with Gasteiger partial charge < -0.3 is 29.5 Å². The predicted molar refractivity (Wildman–Crippen MR) is 141 cm³/mol. The van der Waals surface area contributed by atoms with Crippen LogP contribution in [0.2, 0.25) is 0 Å². The zero-order chi connectivity index (χ0) is 27.9. The van der Waals surface area contributed by atoms with Gasteiger partial charge in [0.1, 0.15) is 5.75 Å². The zero-order valence-corrected chi connectivity index (χ0v) is 23.2. The zero-order valence-electron chi connectivity index (χ0n) is 23.2. The van der Waals surface area contributed by atoms with Crippen molar-refractivity contribution in [2.24, 2.45) is 5.41 Å². The van der Waals surface area contributed by atoms with Crippen LogP contribution >= 0.6 is 0 Å². The van der Waals surface area contributed by atoms with Gasteiger partial charge in [-0.25, -0.2) is 4.79 Å². The van der Waals surface area contributed by atoms with Crippen LogP contribution in [0.25, 0.3) is 0 Å². The normalized spacial score (nSPS) is 38.1. The summed E-state index contributed by atoms with van der Waals surface area (Å²) in [6, 6.07) is 2.97. The molecule has 4 heterocycles. The van der Waals surface area contributed by atoms with Crippen molar-refractivity contribution < 1.29 is 33.7 Å². The van der Waals surface area contributed by atoms with Crippen molar-refractivity contribution in [3.63, 3.8) is 0 Å². The van der Waals surface area contributed by atoms with Crippen molar-refractivity contribution in [1.82, 2.24) is 10.2 Å². The Morgan fingerprint density at radius 2 is 2.00 bits per heavy atom. The van der Waals surface area contributed by atoms with Gasteiger partial charge in [0.25, 0.3) is 0 Å². The van der Waals surface area contributed by atoms with Gasteiger partial charge in [-0.2, -0.15) is 0 Å². The number of ether oxygens (including phenoxy) is 3. The topological polar surface area (TPSA) is 118 Å². The smallest absolute Gasteiger partial charge is 0.344 e. The molecule has 6 rings (SSSR count). The first-order valence-electron chi connectivity index (χ1n) is 13.7. The lowest BCUT2D eigenvalue weighted by Crippen LogP contribution is -2.81. The first kappa shape index (κ1) is 26.1. The molecule has 39 heavy (non-hydrogen) atoms. The van der Waals surface area contributed by atoms with Crippen molar-refractivity contribution in [1.29, 1.82) is 0 Å². The molecule has 3 fully saturated rings. The minimum absolute atomic E-state index is 0.00660. The van der Waals surface area contributed by atoms with Crippen LogP contribution in [0.4, 0.5) is 5.69 Å². The van der Waals surface area contributed by atoms with E-state index in [1.165, 1.54) is 14.0 Å². The molecule has 4 aliphatic heterocycles. The first-order chi connectivity index (χ1) is 18.6. The van der Waals surface area contributed by atoms with Crippen LogP contribution in [0, 0.1) is 5.41 Å². The fourth-order valence-electron chi connectivity index (χ4n) is 8.90. The molecule has 1 spiro atoms. The number of hydrogen-bond acceptors (Lipinski definition) is 9. The predicted octanol–water partition coefficient (Wildman–Crippen LogP) is 1.59. The Labute approximate surface area is 228 Å². The van der Waals surface area contributed by atoms with E-state index >= 15 is 0 Å². The molecule has 10 nitrogen and oxygen atoms in total. The van der Waals surface area contributed by atoms with Crippen LogP contribution in [-0.4, -0.2) is 86.0 Å². The van der Waals surface area contributed by atoms with Crippen molar-refractivity contribution in [2.75, 3.05) is 39.3 Å². The molecular weight excluding hydrogens is 502 g/mol. The van der Waals surface area contributed by atoms with Crippen molar-refractivity contribution in [3.05, 3.63) is 35.4 Å². The number of nitrogens with one attached hydrogen (secondary N) is 1. The number of amides is 1. The summed E-state index contributed by atoms with van der Waals surface area (Å²) in [6.07, 6.45) is 5.30. The minimum atomic E-state index is -2.16. The molecular formula is C29H37N3O7. The summed E-state index contributed by atoms with van der Waals surface area (Å²) in [4.78, 5) is 42.8. The van der Waals surface area contributed by atoms with Crippen LogP contribution in [0.1, 0.15) is 56.7 Å². The second-order valence-electron chi connectivity index (χ2n) is 11.6. The van der Waals surface area contributed by atoms with Crippen LogP contribution < -0.4 is 15.0 Å². The Hall–Kier alpha value is -3.11. The minimum Gasteiger partial charge on any atom is -0.496 e. The quantitative estimate of drug-likeness (QED) is 0.425. The Morgan fingerprint density at radius 3 is 2.62 bits per heavy atom. The number of hydrogen-bond donors (Lipinski definition) is 2. The Balaban J connectivity index is 1.66. The number of anilines is 1. The van der Waals surface area contributed by atoms with Gasteiger partial charge in [0.15, 0.2) is 6.10 Å². The number of methoxy groups -OCH3 is 2. The van der Waals surface area contributed by atoms with Gasteiger partial charge in [-0.15, -0.1) is 0 Å². The second-order valence-corrected chi connectivity index (χ2v) is 11.6. The third-order valence-electron chi connectivity index (χ3n) is 10.1. The molecule has 0 radical (unpaired) electrons. The molecule has 1 aromatic rings. The number of aliphatic hydroxyl groups is 1. The maximum absolute atomic E-state index is 13.8. The summed E-state index contributed by atoms with van der Waals surface area (Å²) < 4.78 is 17.1. The molecule has 0 unspecified atom stereocenters. The fourth-order valence-corrected chi connectivity index (χ4v) is 8.90. The Bertz CT molecular complexity index is 1280. The van der Waals surface area contributed by atoms with Gasteiger partial charge in [0.2, 0.25) is 11.5 Å². The van der Waals surface area contributed by atoms with E-state index in [0.717, 1.165) is 29.9 Å². The van der Waals surface area contributed by atoms with E-state index in [2.05, 4.69) is 28.4 Å². The first-order valence-corrected chi connectivity index (χ1v) is 13.7. The molecule has 0 bridgehead atoms. The lowest BCUT2D eigenvalue weighted by molar-refractivity contribution is -0.228. The molecule has 1 aliphatic carbocycles. The Kier molecular flexibility index (Phi) is 5.83. The number of carbonyl (C=O) groups is 3. The lowest BCUT2D eigenvalue weighted by Gasteiger charge is -2.63. The SMILES string of the molecule is CC[C@]12C=CCN3CC[C@@]4(c5cc([C@H]6CCC(=O)N6)c(OC)cc5N(C)[C@H]4[C@@](O)(C(=O)OC)[C@H]1OC(C)=O)[C@@H]32. The number of benzene rings is 1. The van der Waals surface area contributed by atoms with E-state index < -0.39 is 40.5 Å². The van der Waals surface area contributed by atoms with Gasteiger partial charge in [0.05, 0.1) is 26.3 Å². The van der Waals surface area contributed by atoms with Crippen LogP contribution in [-0.2, 0) is 29.3 Å². The highest BCUT2D eigenvalue weighted by Gasteiger charge is 2.80. The molecule has 10 heteroatoms. The average molecular weight is 540 g/mol. The van der Waals surface area contributed by atoms with Crippen LogP contribution in [0.15, 0.2) is 24.3 Å². The lowest BCUT2D eigenvalue weighted by atomic mass is 9.47. The van der Waals surface area contributed by atoms with Gasteiger partial charge in [0, 0.05) is 61.1 Å². The molecule has 2 N–H and O–H groups in total. The number of carbonyl (C=O) groups excluding carboxylic acids is 3. The van der Waals surface area contributed by atoms with Gasteiger partial charge in [-0.1, -0.05) is 19.1 Å². The van der Waals surface area contributed by atoms with Crippen LogP contribution in [0.3, 0.4) is 0 Å². The third-order valence-corrected chi connectivity index (χ3v) is 10.1. The molecule has 0 aromatic heterocycles. The van der Waals surface area contributed by atoms with Crippen molar-refractivity contribution in [3.8, 4) is 5.75 Å². The highest BCUT2D eigenvalue weighted by Crippen LogP contribution is 2.67. The fraction of sp³-hybridized carbons (Fsp3) is 0.621. The molecule has 1 aromatic carbocycles. The van der Waals surface area contributed by atoms with E-state index in [1.54, 1.807) is 7.11 Å². The van der Waals surface area contributed by atoms with Crippen molar-refractivity contribution >= 4 is 23.5 Å². The summed E-state index contributed by atoms with van der Waals surface area (Å²) in [5.74, 6) is -0.741. The second kappa shape index (κ2) is 8.69. The van der Waals surface area contributed by atoms with E-state index in [0.29, 0.717) is 31.4 Å². The Morgan fingerprint density at radius 1 is 1.23 bits per heavy atom. The molecule has 2 saturated heterocycles. The van der Waals surface area contributed by atoms with E-state index in [1.807, 2.05) is 24.9 Å². The monoisotopic (exact) mass is 539 g/mol. The summed E-state index contributed by atoms with van der Waals surface area (Å²) in [6.45, 7) is 4.81. The highest BCUT2D eigenvalue weighted by atomic mass is 16.6. The van der Waals surface area contributed by atoms with Gasteiger partial charge in [-0.3, -0.25) is 14.5 Å².